The lowest BCUT2D eigenvalue weighted by Crippen LogP contribution is -2.36. The Morgan fingerprint density at radius 3 is 2.45 bits per heavy atom. The fraction of sp³-hybridized carbons (Fsp3) is 0.160. The molecule has 1 saturated heterocycles. The summed E-state index contributed by atoms with van der Waals surface area (Å²) in [6.07, 6.45) is 1.63. The van der Waals surface area contributed by atoms with E-state index in [0.29, 0.717) is 22.7 Å². The number of thioether (sulfide) groups is 1. The summed E-state index contributed by atoms with van der Waals surface area (Å²) in [6, 6.07) is 16.6. The second-order valence-corrected chi connectivity index (χ2v) is 8.44. The first-order valence-electron chi connectivity index (χ1n) is 10.2. The summed E-state index contributed by atoms with van der Waals surface area (Å²) in [5.41, 5.74) is 2.32. The van der Waals surface area contributed by atoms with Gasteiger partial charge in [-0.1, -0.05) is 29.8 Å². The fourth-order valence-corrected chi connectivity index (χ4v) is 4.32. The zero-order valence-corrected chi connectivity index (χ0v) is 19.2. The van der Waals surface area contributed by atoms with E-state index in [2.05, 4.69) is 5.32 Å². The highest BCUT2D eigenvalue weighted by molar-refractivity contribution is 8.18. The third kappa shape index (κ3) is 4.70. The van der Waals surface area contributed by atoms with E-state index in [1.807, 2.05) is 43.3 Å². The molecular formula is C25H22N2O5S. The number of nitrogens with one attached hydrogen (secondary N) is 1. The van der Waals surface area contributed by atoms with Crippen molar-refractivity contribution in [3.8, 4) is 11.5 Å². The number of methoxy groups -OCH3 is 2. The number of nitrogens with zero attached hydrogens (tertiary/aromatic N) is 1. The Bertz CT molecular complexity index is 1280. The minimum absolute atomic E-state index is 0.219. The van der Waals surface area contributed by atoms with E-state index < -0.39 is 17.1 Å². The van der Waals surface area contributed by atoms with E-state index in [1.54, 1.807) is 38.5 Å². The van der Waals surface area contributed by atoms with Gasteiger partial charge in [-0.2, -0.15) is 0 Å². The molecular weight excluding hydrogens is 440 g/mol. The van der Waals surface area contributed by atoms with Crippen molar-refractivity contribution in [1.82, 2.24) is 4.90 Å². The molecule has 0 aliphatic carbocycles. The van der Waals surface area contributed by atoms with Crippen molar-refractivity contribution in [3.63, 3.8) is 0 Å². The molecule has 0 radical (unpaired) electrons. The monoisotopic (exact) mass is 462 g/mol. The van der Waals surface area contributed by atoms with Crippen LogP contribution in [-0.2, 0) is 9.59 Å². The van der Waals surface area contributed by atoms with E-state index in [4.69, 9.17) is 9.47 Å². The van der Waals surface area contributed by atoms with Gasteiger partial charge in [-0.25, -0.2) is 0 Å². The second-order valence-electron chi connectivity index (χ2n) is 7.45. The van der Waals surface area contributed by atoms with E-state index in [0.717, 1.165) is 33.0 Å². The van der Waals surface area contributed by atoms with Gasteiger partial charge in [-0.15, -0.1) is 0 Å². The van der Waals surface area contributed by atoms with Crippen molar-refractivity contribution < 1.29 is 23.9 Å². The predicted octanol–water partition coefficient (Wildman–Crippen LogP) is 4.84. The van der Waals surface area contributed by atoms with Gasteiger partial charge in [0.05, 0.1) is 19.1 Å². The summed E-state index contributed by atoms with van der Waals surface area (Å²) < 4.78 is 10.8. The van der Waals surface area contributed by atoms with Gasteiger partial charge in [0, 0.05) is 11.3 Å². The topological polar surface area (TPSA) is 84.9 Å². The first-order chi connectivity index (χ1) is 15.9. The number of rotatable bonds is 6. The molecule has 3 amide bonds. The molecule has 1 heterocycles. The zero-order chi connectivity index (χ0) is 23.5. The molecule has 0 atom stereocenters. The number of fused-ring (bicyclic) bond motifs is 1. The summed E-state index contributed by atoms with van der Waals surface area (Å²) >= 11 is 0.796. The minimum Gasteiger partial charge on any atom is -0.497 e. The average molecular weight is 463 g/mol. The van der Waals surface area contributed by atoms with Crippen LogP contribution in [0.25, 0.3) is 16.8 Å². The number of hydrogen-bond acceptors (Lipinski definition) is 6. The van der Waals surface area contributed by atoms with Gasteiger partial charge in [-0.05, 0) is 65.9 Å². The number of aryl methyl sites for hydroxylation is 1. The minimum atomic E-state index is -0.522. The maximum Gasteiger partial charge on any atom is 0.294 e. The lowest BCUT2D eigenvalue weighted by molar-refractivity contribution is -0.127. The quantitative estimate of drug-likeness (QED) is 0.528. The first-order valence-corrected chi connectivity index (χ1v) is 11.0. The van der Waals surface area contributed by atoms with Gasteiger partial charge in [0.25, 0.3) is 11.1 Å². The Balaban J connectivity index is 1.60. The maximum atomic E-state index is 13.0. The highest BCUT2D eigenvalue weighted by Crippen LogP contribution is 2.37. The van der Waals surface area contributed by atoms with Gasteiger partial charge in [0.2, 0.25) is 5.91 Å². The predicted molar refractivity (Wildman–Crippen MR) is 130 cm³/mol. The van der Waals surface area contributed by atoms with Crippen LogP contribution in [0.1, 0.15) is 11.1 Å². The van der Waals surface area contributed by atoms with Gasteiger partial charge in [-0.3, -0.25) is 19.3 Å². The molecule has 1 aliphatic rings. The van der Waals surface area contributed by atoms with Crippen LogP contribution in [0.2, 0.25) is 0 Å². The van der Waals surface area contributed by atoms with Gasteiger partial charge in [0.1, 0.15) is 18.0 Å². The molecule has 33 heavy (non-hydrogen) atoms. The van der Waals surface area contributed by atoms with Crippen LogP contribution < -0.4 is 14.8 Å². The van der Waals surface area contributed by atoms with Crippen molar-refractivity contribution in [2.45, 2.75) is 6.92 Å². The van der Waals surface area contributed by atoms with Crippen molar-refractivity contribution in [1.29, 1.82) is 0 Å². The molecule has 3 aromatic rings. The van der Waals surface area contributed by atoms with Gasteiger partial charge in [0.15, 0.2) is 0 Å². The number of benzene rings is 3. The molecule has 8 heteroatoms. The van der Waals surface area contributed by atoms with Gasteiger partial charge >= 0.3 is 0 Å². The largest absolute Gasteiger partial charge is 0.497 e. The molecule has 0 aromatic heterocycles. The second kappa shape index (κ2) is 9.38. The van der Waals surface area contributed by atoms with Gasteiger partial charge < -0.3 is 14.8 Å². The van der Waals surface area contributed by atoms with E-state index in [1.165, 1.54) is 0 Å². The highest BCUT2D eigenvalue weighted by atomic mass is 32.2. The molecule has 1 N–H and O–H groups in total. The SMILES string of the molecule is COc1ccc2ccc(OC)c(/C=C3\SC(=O)N(CC(=O)Nc4ccc(C)cc4)C3=O)c2c1. The van der Waals surface area contributed by atoms with Crippen molar-refractivity contribution in [2.24, 2.45) is 0 Å². The molecule has 0 saturated carbocycles. The summed E-state index contributed by atoms with van der Waals surface area (Å²) in [7, 11) is 3.12. The molecule has 0 unspecified atom stereocenters. The smallest absolute Gasteiger partial charge is 0.294 e. The van der Waals surface area contributed by atoms with Crippen LogP contribution in [0.3, 0.4) is 0 Å². The van der Waals surface area contributed by atoms with Crippen molar-refractivity contribution in [2.75, 3.05) is 26.1 Å². The Morgan fingerprint density at radius 2 is 1.76 bits per heavy atom. The lowest BCUT2D eigenvalue weighted by Gasteiger charge is -2.13. The molecule has 4 rings (SSSR count). The van der Waals surface area contributed by atoms with Crippen LogP contribution in [0.5, 0.6) is 11.5 Å². The normalized spacial score (nSPS) is 14.8. The Kier molecular flexibility index (Phi) is 6.37. The van der Waals surface area contributed by atoms with Crippen LogP contribution >= 0.6 is 11.8 Å². The summed E-state index contributed by atoms with van der Waals surface area (Å²) in [4.78, 5) is 39.1. The van der Waals surface area contributed by atoms with E-state index in [-0.39, 0.29) is 11.4 Å². The van der Waals surface area contributed by atoms with Crippen molar-refractivity contribution >= 4 is 51.4 Å². The molecule has 1 fully saturated rings. The van der Waals surface area contributed by atoms with Crippen LogP contribution in [0, 0.1) is 6.92 Å². The summed E-state index contributed by atoms with van der Waals surface area (Å²) in [5.74, 6) is 0.242. The summed E-state index contributed by atoms with van der Waals surface area (Å²) in [5, 5.41) is 3.96. The Morgan fingerprint density at radius 1 is 1.03 bits per heavy atom. The summed E-state index contributed by atoms with van der Waals surface area (Å²) in [6.45, 7) is 1.58. The molecule has 0 bridgehead atoms. The number of carbonyl (C=O) groups is 3. The molecule has 168 valence electrons. The standard InChI is InChI=1S/C25H22N2O5S/c1-15-4-8-17(9-5-15)26-23(28)14-27-24(29)22(33-25(27)30)13-20-19-12-18(31-2)10-6-16(19)7-11-21(20)32-3/h4-13H,14H2,1-3H3,(H,26,28)/b22-13-. The van der Waals surface area contributed by atoms with Crippen LogP contribution in [-0.4, -0.2) is 42.7 Å². The number of carbonyl (C=O) groups excluding carboxylic acids is 3. The highest BCUT2D eigenvalue weighted by Gasteiger charge is 2.36. The van der Waals surface area contributed by atoms with E-state index >= 15 is 0 Å². The lowest BCUT2D eigenvalue weighted by atomic mass is 10.0. The zero-order valence-electron chi connectivity index (χ0n) is 18.4. The third-order valence-electron chi connectivity index (χ3n) is 5.24. The third-order valence-corrected chi connectivity index (χ3v) is 6.14. The Labute approximate surface area is 195 Å². The Hall–Kier alpha value is -3.78. The van der Waals surface area contributed by atoms with E-state index in [9.17, 15) is 14.4 Å². The number of anilines is 1. The molecule has 1 aliphatic heterocycles. The van der Waals surface area contributed by atoms with Crippen LogP contribution in [0.15, 0.2) is 59.5 Å². The number of imide groups is 1. The fourth-order valence-electron chi connectivity index (χ4n) is 3.50. The van der Waals surface area contributed by atoms with Crippen molar-refractivity contribution in [3.05, 3.63) is 70.6 Å². The van der Waals surface area contributed by atoms with Crippen LogP contribution in [0.4, 0.5) is 10.5 Å². The molecule has 3 aromatic carbocycles. The number of amides is 3. The maximum absolute atomic E-state index is 13.0. The first kappa shape index (κ1) is 22.4. The number of ether oxygens (including phenoxy) is 2. The molecule has 0 spiro atoms. The number of hydrogen-bond donors (Lipinski definition) is 1. The average Bonchev–Trinajstić information content (AvgIpc) is 3.07. The molecule has 7 nitrogen and oxygen atoms in total.